The van der Waals surface area contributed by atoms with Crippen LogP contribution in [0.2, 0.25) is 0 Å². The van der Waals surface area contributed by atoms with Gasteiger partial charge in [0, 0.05) is 19.2 Å². The first-order valence-electron chi connectivity index (χ1n) is 8.63. The van der Waals surface area contributed by atoms with Gasteiger partial charge in [-0.25, -0.2) is 18.1 Å². The second-order valence-corrected chi connectivity index (χ2v) is 8.62. The quantitative estimate of drug-likeness (QED) is 0.258. The first-order chi connectivity index (χ1) is 14.3. The summed E-state index contributed by atoms with van der Waals surface area (Å²) >= 11 is 0.629. The highest BCUT2D eigenvalue weighted by atomic mass is 32.2. The predicted molar refractivity (Wildman–Crippen MR) is 108 cm³/mol. The fraction of sp³-hybridized carbons (Fsp3) is 0.353. The molecule has 1 heterocycles. The predicted octanol–water partition coefficient (Wildman–Crippen LogP) is 0.947. The van der Waals surface area contributed by atoms with E-state index in [4.69, 9.17) is 14.7 Å². The first-order valence-corrected chi connectivity index (χ1v) is 10.9. The van der Waals surface area contributed by atoms with E-state index in [1.54, 1.807) is 0 Å². The van der Waals surface area contributed by atoms with Crippen LogP contribution in [0.5, 0.6) is 0 Å². The minimum atomic E-state index is -3.76. The fourth-order valence-corrected chi connectivity index (χ4v) is 3.58. The molecule has 0 aliphatic heterocycles. The Kier molecular flexibility index (Phi) is 8.80. The highest BCUT2D eigenvalue weighted by molar-refractivity contribution is 7.89. The van der Waals surface area contributed by atoms with E-state index in [-0.39, 0.29) is 41.1 Å². The van der Waals surface area contributed by atoms with E-state index in [0.29, 0.717) is 11.3 Å². The monoisotopic (exact) mass is 460 g/mol. The number of hydrogen-bond acceptors (Lipinski definition) is 9. The van der Waals surface area contributed by atoms with Crippen LogP contribution < -0.4 is 10.0 Å². The average Bonchev–Trinajstić information content (AvgIpc) is 3.13. The zero-order valence-corrected chi connectivity index (χ0v) is 17.8. The van der Waals surface area contributed by atoms with Crippen molar-refractivity contribution >= 4 is 38.1 Å². The number of rotatable bonds is 11. The second-order valence-electron chi connectivity index (χ2n) is 5.88. The summed E-state index contributed by atoms with van der Waals surface area (Å²) in [6.07, 6.45) is 0.271. The molecule has 10 nitrogen and oxygen atoms in total. The molecule has 0 fully saturated rings. The van der Waals surface area contributed by atoms with Gasteiger partial charge in [0.2, 0.25) is 10.0 Å². The van der Waals surface area contributed by atoms with Crippen LogP contribution in [-0.4, -0.2) is 63.1 Å². The smallest absolute Gasteiger partial charge is 0.280 e. The molecular weight excluding hydrogens is 439 g/mol. The van der Waals surface area contributed by atoms with Gasteiger partial charge in [-0.2, -0.15) is 4.39 Å². The normalized spacial score (nSPS) is 13.1. The zero-order valence-electron chi connectivity index (χ0n) is 16.2. The number of oxime groups is 1. The average molecular weight is 461 g/mol. The molecule has 0 spiro atoms. The first kappa shape index (κ1) is 23.8. The molecule has 30 heavy (non-hydrogen) atoms. The Bertz CT molecular complexity index is 978. The number of hydrogen-bond donors (Lipinski definition) is 3. The molecule has 3 N–H and O–H groups in total. The number of nitrogens with zero attached hydrogens (tertiary/aromatic N) is 2. The summed E-state index contributed by atoms with van der Waals surface area (Å²) in [5, 5.41) is 14.7. The van der Waals surface area contributed by atoms with Gasteiger partial charge >= 0.3 is 0 Å². The molecule has 0 radical (unpaired) electrons. The Balaban J connectivity index is 2.26. The van der Waals surface area contributed by atoms with Crippen molar-refractivity contribution in [1.29, 1.82) is 0 Å². The number of aliphatic hydroxyl groups is 1. The van der Waals surface area contributed by atoms with Crippen LogP contribution in [0.25, 0.3) is 0 Å². The number of aromatic nitrogens is 1. The third-order valence-electron chi connectivity index (χ3n) is 3.53. The topological polar surface area (TPSA) is 139 Å². The Morgan fingerprint density at radius 2 is 2.07 bits per heavy atom. The van der Waals surface area contributed by atoms with Crippen LogP contribution in [-0.2, 0) is 24.4 Å². The lowest BCUT2D eigenvalue weighted by Gasteiger charge is -2.11. The molecule has 1 amide bonds. The van der Waals surface area contributed by atoms with Gasteiger partial charge in [0.1, 0.15) is 6.10 Å². The number of carbonyl (C=O) groups is 1. The number of nitrogens with one attached hydrogen (secondary N) is 2. The summed E-state index contributed by atoms with van der Waals surface area (Å²) in [5.41, 5.74) is 0.0349. The summed E-state index contributed by atoms with van der Waals surface area (Å²) in [6.45, 7) is 1.52. The number of thiazole rings is 1. The van der Waals surface area contributed by atoms with Crippen LogP contribution in [0.1, 0.15) is 12.5 Å². The van der Waals surface area contributed by atoms with Crippen molar-refractivity contribution in [3.63, 3.8) is 0 Å². The number of halogens is 1. The van der Waals surface area contributed by atoms with Crippen LogP contribution in [0.15, 0.2) is 40.5 Å². The van der Waals surface area contributed by atoms with Crippen LogP contribution in [0.3, 0.4) is 0 Å². The van der Waals surface area contributed by atoms with Gasteiger partial charge in [-0.1, -0.05) is 28.6 Å². The molecule has 1 aromatic carbocycles. The largest absolute Gasteiger partial charge is 0.392 e. The molecule has 13 heteroatoms. The number of aliphatic hydroxyl groups excluding tert-OH is 1. The zero-order chi connectivity index (χ0) is 22.1. The maximum atomic E-state index is 13.1. The van der Waals surface area contributed by atoms with Crippen molar-refractivity contribution in [2.24, 2.45) is 5.16 Å². The highest BCUT2D eigenvalue weighted by Gasteiger charge is 2.20. The molecule has 0 aliphatic carbocycles. The van der Waals surface area contributed by atoms with Crippen molar-refractivity contribution in [3.8, 4) is 0 Å². The molecule has 164 valence electrons. The lowest BCUT2D eigenvalue weighted by atomic mass is 10.1. The highest BCUT2D eigenvalue weighted by Crippen LogP contribution is 2.17. The van der Waals surface area contributed by atoms with Gasteiger partial charge < -0.3 is 14.7 Å². The maximum absolute atomic E-state index is 13.1. The Morgan fingerprint density at radius 3 is 2.63 bits per heavy atom. The van der Waals surface area contributed by atoms with E-state index in [2.05, 4.69) is 20.2 Å². The molecule has 0 aliphatic rings. The minimum absolute atomic E-state index is 0.0157. The molecule has 0 unspecified atom stereocenters. The molecule has 0 bridgehead atoms. The Labute approximate surface area is 176 Å². The van der Waals surface area contributed by atoms with Crippen molar-refractivity contribution in [3.05, 3.63) is 41.2 Å². The lowest BCUT2D eigenvalue weighted by Crippen LogP contribution is -2.27. The Hall–Kier alpha value is -2.45. The van der Waals surface area contributed by atoms with Crippen molar-refractivity contribution < 1.29 is 32.3 Å². The van der Waals surface area contributed by atoms with E-state index < -0.39 is 27.2 Å². The number of anilines is 1. The van der Waals surface area contributed by atoms with Crippen molar-refractivity contribution in [2.45, 2.75) is 17.9 Å². The van der Waals surface area contributed by atoms with Gasteiger partial charge in [-0.15, -0.1) is 0 Å². The van der Waals surface area contributed by atoms with Gasteiger partial charge in [0.25, 0.3) is 5.91 Å². The maximum Gasteiger partial charge on any atom is 0.280 e. The number of methoxy groups -OCH3 is 1. The van der Waals surface area contributed by atoms with Crippen molar-refractivity contribution in [1.82, 2.24) is 9.71 Å². The summed E-state index contributed by atoms with van der Waals surface area (Å²) in [4.78, 5) is 21.4. The molecule has 0 saturated heterocycles. The molecule has 2 aromatic rings. The van der Waals surface area contributed by atoms with E-state index in [1.807, 2.05) is 0 Å². The molecular formula is C17H21FN4O6S2. The second kappa shape index (κ2) is 11.1. The third kappa shape index (κ3) is 6.81. The minimum Gasteiger partial charge on any atom is -0.392 e. The number of sulfonamides is 1. The van der Waals surface area contributed by atoms with Crippen LogP contribution in [0, 0.1) is 5.13 Å². The lowest BCUT2D eigenvalue weighted by molar-refractivity contribution is -0.110. The summed E-state index contributed by atoms with van der Waals surface area (Å²) in [7, 11) is -2.30. The number of ether oxygens (including phenoxy) is 1. The van der Waals surface area contributed by atoms with E-state index >= 15 is 0 Å². The number of benzene rings is 1. The number of amides is 1. The van der Waals surface area contributed by atoms with Crippen LogP contribution in [0.4, 0.5) is 9.52 Å². The van der Waals surface area contributed by atoms with Crippen LogP contribution >= 0.6 is 11.3 Å². The van der Waals surface area contributed by atoms with Gasteiger partial charge in [0.05, 0.1) is 24.3 Å². The van der Waals surface area contributed by atoms with Gasteiger partial charge in [-0.05, 0) is 19.1 Å². The summed E-state index contributed by atoms with van der Waals surface area (Å²) in [6, 6.07) is 5.34. The number of carbonyl (C=O) groups excluding carboxylic acids is 1. The van der Waals surface area contributed by atoms with E-state index in [0.717, 1.165) is 6.20 Å². The summed E-state index contributed by atoms with van der Waals surface area (Å²) in [5.74, 6) is -0.747. The molecule has 2 rings (SSSR count). The Morgan fingerprint density at radius 1 is 1.37 bits per heavy atom. The van der Waals surface area contributed by atoms with Gasteiger partial charge in [-0.3, -0.25) is 10.1 Å². The fourth-order valence-electron chi connectivity index (χ4n) is 2.02. The molecule has 1 aromatic heterocycles. The third-order valence-corrected chi connectivity index (χ3v) is 5.71. The van der Waals surface area contributed by atoms with Gasteiger partial charge in [0.15, 0.2) is 16.0 Å². The standard InChI is InChI=1S/C17H21FN4O6S2/c1-11(10-23)28-22-15(16(24)21-17-19-9-14(18)29-17)12-3-5-13(6-4-12)30(25,26)20-7-8-27-2/h3-6,9,11,20,23H,7-8,10H2,1-2H3,(H,19,21,24)/b22-15+/t11-/m1/s1. The van der Waals surface area contributed by atoms with Crippen molar-refractivity contribution in [2.75, 3.05) is 32.2 Å². The van der Waals surface area contributed by atoms with E-state index in [9.17, 15) is 17.6 Å². The van der Waals surface area contributed by atoms with E-state index in [1.165, 1.54) is 38.3 Å². The molecule has 1 atom stereocenters. The summed E-state index contributed by atoms with van der Waals surface area (Å²) < 4.78 is 44.8. The SMILES string of the molecule is COCCNS(=O)(=O)c1ccc(/C(=N\O[C@H](C)CO)C(=O)Nc2ncc(F)s2)cc1. The molecule has 0 saturated carbocycles.